The van der Waals surface area contributed by atoms with Crippen molar-refractivity contribution in [3.8, 4) is 0 Å². The van der Waals surface area contributed by atoms with Crippen LogP contribution in [0.25, 0.3) is 0 Å². The highest BCUT2D eigenvalue weighted by atomic mass is 16.6. The highest BCUT2D eigenvalue weighted by Crippen LogP contribution is 2.35. The highest BCUT2D eigenvalue weighted by molar-refractivity contribution is 5.84. The number of ether oxygens (including phenoxy) is 2. The maximum absolute atomic E-state index is 12.1. The van der Waals surface area contributed by atoms with Crippen molar-refractivity contribution < 1.29 is 24.0 Å². The second-order valence-electron chi connectivity index (χ2n) is 7.89. The van der Waals surface area contributed by atoms with E-state index >= 15 is 0 Å². The molecule has 8 heteroatoms. The summed E-state index contributed by atoms with van der Waals surface area (Å²) >= 11 is 0. The number of carbonyl (C=O) groups is 2. The minimum absolute atomic E-state index is 0.0971. The zero-order valence-electron chi connectivity index (χ0n) is 18.2. The molecular weight excluding hydrogens is 400 g/mol. The fourth-order valence-electron chi connectivity index (χ4n) is 3.42. The lowest BCUT2D eigenvalue weighted by Crippen LogP contribution is -2.27. The molecule has 31 heavy (non-hydrogen) atoms. The maximum atomic E-state index is 12.1. The number of carbonyl (C=O) groups excluding carboxylic acids is 2. The Morgan fingerprint density at radius 3 is 2.35 bits per heavy atom. The minimum Gasteiger partial charge on any atom is -0.469 e. The lowest BCUT2D eigenvalue weighted by molar-refractivity contribution is -0.385. The summed E-state index contributed by atoms with van der Waals surface area (Å²) < 4.78 is 10.0. The molecule has 1 N–H and O–H groups in total. The summed E-state index contributed by atoms with van der Waals surface area (Å²) in [5.41, 5.74) is 1.21. The summed E-state index contributed by atoms with van der Waals surface area (Å²) in [7, 11) is 1.39. The molecule has 0 heterocycles. The highest BCUT2D eigenvalue weighted by Gasteiger charge is 2.31. The molecule has 0 fully saturated rings. The number of para-hydroxylation sites is 1. The van der Waals surface area contributed by atoms with Gasteiger partial charge in [-0.15, -0.1) is 0 Å². The Labute approximate surface area is 181 Å². The third-order valence-corrected chi connectivity index (χ3v) is 5.16. The second-order valence-corrected chi connectivity index (χ2v) is 7.89. The molecule has 166 valence electrons. The van der Waals surface area contributed by atoms with Crippen LogP contribution in [0.4, 0.5) is 16.2 Å². The number of hydrogen-bond acceptors (Lipinski definition) is 6. The van der Waals surface area contributed by atoms with Crippen molar-refractivity contribution in [3.05, 3.63) is 69.8 Å². The van der Waals surface area contributed by atoms with Gasteiger partial charge in [0, 0.05) is 11.8 Å². The molecule has 1 atom stereocenters. The van der Waals surface area contributed by atoms with Crippen LogP contribution < -0.4 is 5.32 Å². The third kappa shape index (κ3) is 6.53. The van der Waals surface area contributed by atoms with Gasteiger partial charge in [-0.05, 0) is 56.4 Å². The van der Waals surface area contributed by atoms with E-state index in [0.29, 0.717) is 17.7 Å². The van der Waals surface area contributed by atoms with Gasteiger partial charge in [-0.25, -0.2) is 4.79 Å². The number of amides is 1. The number of nitro groups is 1. The molecule has 0 aliphatic rings. The normalized spacial score (nSPS) is 12.0. The number of esters is 1. The van der Waals surface area contributed by atoms with Crippen molar-refractivity contribution in [2.75, 3.05) is 12.4 Å². The molecule has 0 aliphatic carbocycles. The van der Waals surface area contributed by atoms with Crippen LogP contribution in [0, 0.1) is 15.5 Å². The smallest absolute Gasteiger partial charge is 0.411 e. The molecule has 1 unspecified atom stereocenters. The van der Waals surface area contributed by atoms with Gasteiger partial charge < -0.3 is 9.47 Å². The van der Waals surface area contributed by atoms with Gasteiger partial charge in [0.2, 0.25) is 0 Å². The van der Waals surface area contributed by atoms with Gasteiger partial charge in [0.1, 0.15) is 6.61 Å². The fourth-order valence-corrected chi connectivity index (χ4v) is 3.42. The largest absolute Gasteiger partial charge is 0.469 e. The van der Waals surface area contributed by atoms with Crippen LogP contribution >= 0.6 is 0 Å². The number of nitrogens with one attached hydrogen (secondary N) is 1. The first kappa shape index (κ1) is 23.9. The molecule has 0 saturated heterocycles. The van der Waals surface area contributed by atoms with Gasteiger partial charge in [0.15, 0.2) is 0 Å². The van der Waals surface area contributed by atoms with Crippen molar-refractivity contribution in [1.29, 1.82) is 0 Å². The quantitative estimate of drug-likeness (QED) is 0.324. The molecule has 2 aromatic carbocycles. The van der Waals surface area contributed by atoms with Gasteiger partial charge in [-0.3, -0.25) is 20.2 Å². The molecule has 0 saturated carbocycles. The molecular formula is C23H28N2O6. The third-order valence-electron chi connectivity index (χ3n) is 5.16. The summed E-state index contributed by atoms with van der Waals surface area (Å²) in [6.45, 7) is 5.58. The second kappa shape index (κ2) is 10.6. The molecule has 0 bridgehead atoms. The number of benzene rings is 2. The summed E-state index contributed by atoms with van der Waals surface area (Å²) in [5, 5.41) is 13.6. The van der Waals surface area contributed by atoms with Gasteiger partial charge in [0.25, 0.3) is 5.69 Å². The summed E-state index contributed by atoms with van der Waals surface area (Å²) in [6.07, 6.45) is 0.788. The maximum Gasteiger partial charge on any atom is 0.411 e. The van der Waals surface area contributed by atoms with Crippen LogP contribution in [-0.2, 0) is 20.9 Å². The summed E-state index contributed by atoms with van der Waals surface area (Å²) in [6, 6.07) is 13.4. The molecule has 2 rings (SSSR count). The molecule has 1 amide bonds. The Bertz CT molecular complexity index is 924. The van der Waals surface area contributed by atoms with E-state index < -0.39 is 16.4 Å². The van der Waals surface area contributed by atoms with Crippen LogP contribution in [-0.4, -0.2) is 24.1 Å². The molecule has 2 aromatic rings. The first-order valence-corrected chi connectivity index (χ1v) is 10.0. The first-order valence-electron chi connectivity index (χ1n) is 10.0. The number of nitro benzene ring substituents is 1. The van der Waals surface area contributed by atoms with E-state index in [2.05, 4.69) is 12.2 Å². The Morgan fingerprint density at radius 2 is 1.77 bits per heavy atom. The lowest BCUT2D eigenvalue weighted by atomic mass is 9.79. The predicted molar refractivity (Wildman–Crippen MR) is 117 cm³/mol. The zero-order valence-corrected chi connectivity index (χ0v) is 18.2. The van der Waals surface area contributed by atoms with Crippen LogP contribution in [0.15, 0.2) is 48.5 Å². The molecule has 0 spiro atoms. The van der Waals surface area contributed by atoms with Crippen molar-refractivity contribution in [2.45, 2.75) is 46.1 Å². The van der Waals surface area contributed by atoms with Crippen molar-refractivity contribution in [2.24, 2.45) is 5.41 Å². The van der Waals surface area contributed by atoms with Gasteiger partial charge in [0.05, 0.1) is 23.0 Å². The van der Waals surface area contributed by atoms with Crippen LogP contribution in [0.3, 0.4) is 0 Å². The van der Waals surface area contributed by atoms with Crippen molar-refractivity contribution in [1.82, 2.24) is 0 Å². The number of anilines is 1. The van der Waals surface area contributed by atoms with Crippen LogP contribution in [0.1, 0.15) is 50.7 Å². The molecule has 0 aliphatic heterocycles. The summed E-state index contributed by atoms with van der Waals surface area (Å²) in [4.78, 5) is 34.6. The Hall–Kier alpha value is -3.42. The zero-order chi connectivity index (χ0) is 23.0. The van der Waals surface area contributed by atoms with Gasteiger partial charge in [-0.2, -0.15) is 0 Å². The number of methoxy groups -OCH3 is 1. The van der Waals surface area contributed by atoms with E-state index in [1.807, 2.05) is 26.0 Å². The van der Waals surface area contributed by atoms with Crippen molar-refractivity contribution >= 4 is 23.4 Å². The number of rotatable bonds is 9. The Morgan fingerprint density at radius 1 is 1.13 bits per heavy atom. The minimum atomic E-state index is -0.704. The first-order chi connectivity index (χ1) is 14.7. The van der Waals surface area contributed by atoms with E-state index in [4.69, 9.17) is 9.47 Å². The standard InChI is InChI=1S/C23H28N2O6/c1-5-16(14-23(2,3)21(26)30-4)17-10-12-19(13-11-17)24-22(27)31-15-18-8-6-7-9-20(18)25(28)29/h6-13,16H,5,14-15H2,1-4H3,(H,24,27). The van der Waals surface area contributed by atoms with Gasteiger partial charge in [-0.1, -0.05) is 31.2 Å². The van der Waals surface area contributed by atoms with E-state index in [0.717, 1.165) is 12.0 Å². The monoisotopic (exact) mass is 428 g/mol. The number of nitrogens with zero attached hydrogens (tertiary/aromatic N) is 1. The van der Waals surface area contributed by atoms with E-state index in [1.165, 1.54) is 13.2 Å². The molecule has 0 radical (unpaired) electrons. The Balaban J connectivity index is 1.98. The Kier molecular flexibility index (Phi) is 8.13. The van der Waals surface area contributed by atoms with E-state index in [-0.39, 0.29) is 24.2 Å². The summed E-state index contributed by atoms with van der Waals surface area (Å²) in [5.74, 6) is -0.0839. The van der Waals surface area contributed by atoms with E-state index in [1.54, 1.807) is 30.3 Å². The van der Waals surface area contributed by atoms with Crippen LogP contribution in [0.2, 0.25) is 0 Å². The SMILES string of the molecule is CCC(CC(C)(C)C(=O)OC)c1ccc(NC(=O)OCc2ccccc2[N+](=O)[O-])cc1. The topological polar surface area (TPSA) is 108 Å². The predicted octanol–water partition coefficient (Wildman–Crippen LogP) is 5.43. The van der Waals surface area contributed by atoms with Gasteiger partial charge >= 0.3 is 12.1 Å². The average molecular weight is 428 g/mol. The number of hydrogen-bond donors (Lipinski definition) is 1. The average Bonchev–Trinajstić information content (AvgIpc) is 2.76. The van der Waals surface area contributed by atoms with Crippen LogP contribution in [0.5, 0.6) is 0 Å². The molecule has 0 aromatic heterocycles. The molecule has 8 nitrogen and oxygen atoms in total. The van der Waals surface area contributed by atoms with Crippen molar-refractivity contribution in [3.63, 3.8) is 0 Å². The van der Waals surface area contributed by atoms with E-state index in [9.17, 15) is 19.7 Å². The fraction of sp³-hybridized carbons (Fsp3) is 0.391. The lowest BCUT2D eigenvalue weighted by Gasteiger charge is -2.27.